The number of nitriles is 1. The molecule has 2 aromatic rings. The number of nitrogens with zero attached hydrogens (tertiary/aromatic N) is 4. The normalized spacial score (nSPS) is 22.2. The maximum absolute atomic E-state index is 13.7. The Morgan fingerprint density at radius 2 is 2.11 bits per heavy atom. The highest BCUT2D eigenvalue weighted by atomic mass is 19.3. The van der Waals surface area contributed by atoms with Crippen LogP contribution in [-0.2, 0) is 4.79 Å². The summed E-state index contributed by atoms with van der Waals surface area (Å²) in [7, 11) is 0. The van der Waals surface area contributed by atoms with Crippen molar-refractivity contribution >= 4 is 28.7 Å². The summed E-state index contributed by atoms with van der Waals surface area (Å²) in [4.78, 5) is 33.1. The minimum Gasteiger partial charge on any atom is -0.347 e. The van der Waals surface area contributed by atoms with E-state index in [1.54, 1.807) is 18.3 Å². The van der Waals surface area contributed by atoms with Crippen molar-refractivity contribution in [1.29, 1.82) is 5.26 Å². The minimum absolute atomic E-state index is 0.139. The molecule has 0 bridgehead atoms. The predicted octanol–water partition coefficient (Wildman–Crippen LogP) is 5.40. The molecule has 0 N–H and O–H groups in total. The molecule has 5 rings (SSSR count). The average Bonchev–Trinajstić information content (AvgIpc) is 3.49. The number of amides is 1. The van der Waals surface area contributed by atoms with Gasteiger partial charge in [-0.15, -0.1) is 0 Å². The van der Waals surface area contributed by atoms with Gasteiger partial charge in [-0.2, -0.15) is 5.26 Å². The summed E-state index contributed by atoms with van der Waals surface area (Å²) in [6, 6.07) is 8.29. The molecule has 0 radical (unpaired) electrons. The van der Waals surface area contributed by atoms with Crippen LogP contribution < -0.4 is 0 Å². The number of pyridine rings is 1. The fraction of sp³-hybridized carbons (Fsp3) is 0.310. The Hall–Kier alpha value is -4.12. The first-order valence-electron chi connectivity index (χ1n) is 12.3. The van der Waals surface area contributed by atoms with Crippen molar-refractivity contribution in [3.63, 3.8) is 0 Å². The molecule has 2 atom stereocenters. The summed E-state index contributed by atoms with van der Waals surface area (Å²) >= 11 is 0. The van der Waals surface area contributed by atoms with Gasteiger partial charge in [0, 0.05) is 48.8 Å². The molecular weight excluding hydrogens is 474 g/mol. The number of fused-ring (bicyclic) bond motifs is 2. The number of likely N-dealkylation sites (tertiary alicyclic amines) is 1. The van der Waals surface area contributed by atoms with E-state index in [4.69, 9.17) is 5.26 Å². The standard InChI is InChI=1S/C29H26F2N4O2/c1-19(21-5-6-22-3-2-12-34(22)17-21)13-20-4-7-26-25(14-20)24(10-11-33-26)27(36)8-9-28(37)35-18-29(30,31)15-23(35)16-32/h2,4-7,10-14,17,22-23H,3,8-9,15,18H2,1H3/b19-13+/t22?,23-/m0/s1. The molecular formula is C29H26F2N4O2. The summed E-state index contributed by atoms with van der Waals surface area (Å²) in [5.74, 6) is -3.97. The predicted molar refractivity (Wildman–Crippen MR) is 136 cm³/mol. The Labute approximate surface area is 213 Å². The summed E-state index contributed by atoms with van der Waals surface area (Å²) in [5.41, 5.74) is 4.17. The highest BCUT2D eigenvalue weighted by Gasteiger charge is 2.47. The molecule has 6 nitrogen and oxygen atoms in total. The average molecular weight is 501 g/mol. The fourth-order valence-electron chi connectivity index (χ4n) is 5.05. The van der Waals surface area contributed by atoms with Crippen LogP contribution in [0.5, 0.6) is 0 Å². The third-order valence-corrected chi connectivity index (χ3v) is 7.03. The zero-order chi connectivity index (χ0) is 26.2. The second-order valence-corrected chi connectivity index (χ2v) is 9.69. The molecule has 1 aromatic heterocycles. The van der Waals surface area contributed by atoms with Gasteiger partial charge in [-0.3, -0.25) is 14.6 Å². The third kappa shape index (κ3) is 5.08. The highest BCUT2D eigenvalue weighted by Crippen LogP contribution is 2.32. The van der Waals surface area contributed by atoms with Crippen molar-refractivity contribution < 1.29 is 18.4 Å². The Kier molecular flexibility index (Phi) is 6.46. The molecule has 0 saturated carbocycles. The van der Waals surface area contributed by atoms with Gasteiger partial charge in [0.25, 0.3) is 5.92 Å². The molecule has 4 heterocycles. The quantitative estimate of drug-likeness (QED) is 0.496. The lowest BCUT2D eigenvalue weighted by Crippen LogP contribution is -2.36. The maximum atomic E-state index is 13.7. The zero-order valence-electron chi connectivity index (χ0n) is 20.4. The maximum Gasteiger partial charge on any atom is 0.268 e. The van der Waals surface area contributed by atoms with E-state index < -0.39 is 30.8 Å². The topological polar surface area (TPSA) is 77.3 Å². The molecule has 1 amide bonds. The van der Waals surface area contributed by atoms with Crippen LogP contribution in [-0.4, -0.2) is 51.0 Å². The first-order chi connectivity index (χ1) is 17.7. The molecule has 3 aliphatic rings. The lowest BCUT2D eigenvalue weighted by atomic mass is 9.98. The van der Waals surface area contributed by atoms with Crippen LogP contribution in [0, 0.1) is 11.3 Å². The van der Waals surface area contributed by atoms with Crippen LogP contribution in [0.2, 0.25) is 0 Å². The first kappa shape index (κ1) is 24.6. The van der Waals surface area contributed by atoms with Gasteiger partial charge in [0.15, 0.2) is 5.78 Å². The van der Waals surface area contributed by atoms with E-state index in [2.05, 4.69) is 46.6 Å². The number of halogens is 2. The van der Waals surface area contributed by atoms with Gasteiger partial charge in [0.2, 0.25) is 5.91 Å². The van der Waals surface area contributed by atoms with Crippen LogP contribution >= 0.6 is 0 Å². The second kappa shape index (κ2) is 9.74. The molecule has 1 aromatic carbocycles. The molecule has 37 heavy (non-hydrogen) atoms. The lowest BCUT2D eigenvalue weighted by Gasteiger charge is -2.24. The van der Waals surface area contributed by atoms with Crippen molar-refractivity contribution in [3.05, 3.63) is 83.4 Å². The molecule has 8 heteroatoms. The molecule has 1 saturated heterocycles. The molecule has 1 unspecified atom stereocenters. The van der Waals surface area contributed by atoms with E-state index in [1.807, 2.05) is 25.1 Å². The Bertz CT molecular complexity index is 1430. The van der Waals surface area contributed by atoms with Crippen LogP contribution in [0.15, 0.2) is 72.2 Å². The van der Waals surface area contributed by atoms with E-state index >= 15 is 0 Å². The number of Topliss-reactive ketones (excluding diaryl/α,β-unsaturated/α-hetero) is 1. The Morgan fingerprint density at radius 1 is 1.27 bits per heavy atom. The number of hydrogen-bond acceptors (Lipinski definition) is 5. The van der Waals surface area contributed by atoms with Crippen molar-refractivity contribution in [2.75, 3.05) is 6.54 Å². The number of carbonyl (C=O) groups is 2. The van der Waals surface area contributed by atoms with E-state index in [0.29, 0.717) is 22.5 Å². The second-order valence-electron chi connectivity index (χ2n) is 9.69. The number of allylic oxidation sites excluding steroid dienone is 3. The molecule has 3 aliphatic heterocycles. The van der Waals surface area contributed by atoms with Crippen molar-refractivity contribution in [2.24, 2.45) is 0 Å². The number of hydrogen-bond donors (Lipinski definition) is 0. The smallest absolute Gasteiger partial charge is 0.268 e. The van der Waals surface area contributed by atoms with Crippen LogP contribution in [0.1, 0.15) is 48.5 Å². The summed E-state index contributed by atoms with van der Waals surface area (Å²) in [5, 5.41) is 9.80. The van der Waals surface area contributed by atoms with Gasteiger partial charge in [-0.25, -0.2) is 8.78 Å². The largest absolute Gasteiger partial charge is 0.347 e. The third-order valence-electron chi connectivity index (χ3n) is 7.03. The van der Waals surface area contributed by atoms with Gasteiger partial charge in [0.1, 0.15) is 6.04 Å². The van der Waals surface area contributed by atoms with E-state index in [9.17, 15) is 18.4 Å². The molecule has 0 spiro atoms. The van der Waals surface area contributed by atoms with Crippen LogP contribution in [0.4, 0.5) is 8.78 Å². The SMILES string of the molecule is C/C(=C\c1ccc2nccc(C(=O)CCC(=O)N3CC(F)(F)C[C@H]3C#N)c2c1)C1=CN2C=CCC2C=C1. The van der Waals surface area contributed by atoms with Crippen molar-refractivity contribution in [3.8, 4) is 6.07 Å². The highest BCUT2D eigenvalue weighted by molar-refractivity contribution is 6.08. The van der Waals surface area contributed by atoms with Crippen molar-refractivity contribution in [2.45, 2.75) is 50.6 Å². The molecule has 1 fully saturated rings. The monoisotopic (exact) mass is 500 g/mol. The fourth-order valence-corrected chi connectivity index (χ4v) is 5.05. The Balaban J connectivity index is 1.33. The number of rotatable bonds is 6. The number of carbonyl (C=O) groups excluding carboxylic acids is 2. The van der Waals surface area contributed by atoms with Crippen molar-refractivity contribution in [1.82, 2.24) is 14.8 Å². The van der Waals surface area contributed by atoms with Crippen LogP contribution in [0.25, 0.3) is 17.0 Å². The van der Waals surface area contributed by atoms with E-state index in [0.717, 1.165) is 28.0 Å². The molecule has 188 valence electrons. The lowest BCUT2D eigenvalue weighted by molar-refractivity contribution is -0.132. The summed E-state index contributed by atoms with van der Waals surface area (Å²) in [6.45, 7) is 1.25. The van der Waals surface area contributed by atoms with Gasteiger partial charge >= 0.3 is 0 Å². The minimum atomic E-state index is -3.08. The zero-order valence-corrected chi connectivity index (χ0v) is 20.4. The van der Waals surface area contributed by atoms with Gasteiger partial charge in [-0.1, -0.05) is 30.4 Å². The summed E-state index contributed by atoms with van der Waals surface area (Å²) in [6.07, 6.45) is 14.2. The van der Waals surface area contributed by atoms with Crippen LogP contribution in [0.3, 0.4) is 0 Å². The number of ketones is 1. The Morgan fingerprint density at radius 3 is 2.92 bits per heavy atom. The first-order valence-corrected chi connectivity index (χ1v) is 12.3. The number of alkyl halides is 2. The summed E-state index contributed by atoms with van der Waals surface area (Å²) < 4.78 is 27.4. The van der Waals surface area contributed by atoms with E-state index in [1.165, 1.54) is 0 Å². The van der Waals surface area contributed by atoms with Gasteiger partial charge in [-0.05, 0) is 48.3 Å². The van der Waals surface area contributed by atoms with E-state index in [-0.39, 0.29) is 18.6 Å². The molecule has 0 aliphatic carbocycles. The van der Waals surface area contributed by atoms with Gasteiger partial charge in [0.05, 0.1) is 24.2 Å². The number of benzene rings is 1. The number of aromatic nitrogens is 1. The van der Waals surface area contributed by atoms with Gasteiger partial charge < -0.3 is 9.80 Å².